The molecule has 31 heavy (non-hydrogen) atoms. The molecule has 1 aromatic heterocycles. The largest absolute Gasteiger partial charge is 0.366 e. The molecule has 5 nitrogen and oxygen atoms in total. The molecule has 2 aliphatic rings. The second-order valence-corrected chi connectivity index (χ2v) is 9.50. The van der Waals surface area contributed by atoms with Gasteiger partial charge >= 0.3 is 0 Å². The number of aryl methyl sites for hydroxylation is 1. The molecule has 0 saturated carbocycles. The Bertz CT molecular complexity index is 1080. The zero-order valence-corrected chi connectivity index (χ0v) is 18.6. The molecule has 2 aliphatic heterocycles. The fourth-order valence-corrected chi connectivity index (χ4v) is 5.72. The number of amides is 1. The van der Waals surface area contributed by atoms with Crippen LogP contribution in [0.4, 0.5) is 15.2 Å². The lowest BCUT2D eigenvalue weighted by molar-refractivity contribution is -0.136. The van der Waals surface area contributed by atoms with Gasteiger partial charge in [0.05, 0.1) is 15.9 Å². The summed E-state index contributed by atoms with van der Waals surface area (Å²) in [7, 11) is 0. The molecular weight excluding hydrogens is 411 g/mol. The number of para-hydroxylation sites is 1. The van der Waals surface area contributed by atoms with Crippen molar-refractivity contribution in [2.45, 2.75) is 19.8 Å². The minimum Gasteiger partial charge on any atom is -0.366 e. The average Bonchev–Trinajstić information content (AvgIpc) is 3.22. The standard InChI is InChI=1S/C24H27FN4OS/c1-17-6-7-20-22(16-17)31-24(26-20)29-10-8-18(9-11-29)23(30)28-14-12-27(13-15-28)21-5-3-2-4-19(21)25/h2-7,16,18H,8-15H2,1H3. The molecule has 0 aliphatic carbocycles. The number of nitrogens with zero attached hydrogens (tertiary/aromatic N) is 4. The van der Waals surface area contributed by atoms with Gasteiger partial charge in [0.15, 0.2) is 5.13 Å². The van der Waals surface area contributed by atoms with Crippen molar-refractivity contribution in [3.05, 3.63) is 53.8 Å². The Morgan fingerprint density at radius 3 is 2.48 bits per heavy atom. The van der Waals surface area contributed by atoms with E-state index in [0.717, 1.165) is 36.6 Å². The number of hydrogen-bond acceptors (Lipinski definition) is 5. The summed E-state index contributed by atoms with van der Waals surface area (Å²) in [4.78, 5) is 24.2. The molecule has 0 N–H and O–H groups in total. The molecule has 7 heteroatoms. The first kappa shape index (κ1) is 20.2. The van der Waals surface area contributed by atoms with Gasteiger partial charge in [-0.25, -0.2) is 9.37 Å². The summed E-state index contributed by atoms with van der Waals surface area (Å²) < 4.78 is 15.3. The summed E-state index contributed by atoms with van der Waals surface area (Å²) in [5, 5.41) is 1.06. The van der Waals surface area contributed by atoms with Crippen LogP contribution in [0.2, 0.25) is 0 Å². The number of thiazole rings is 1. The molecular formula is C24H27FN4OS. The number of hydrogen-bond donors (Lipinski definition) is 0. The Labute approximate surface area is 186 Å². The van der Waals surface area contributed by atoms with Crippen LogP contribution in [0.15, 0.2) is 42.5 Å². The van der Waals surface area contributed by atoms with Gasteiger partial charge in [-0.1, -0.05) is 29.5 Å². The third-order valence-electron chi connectivity index (χ3n) is 6.43. The topological polar surface area (TPSA) is 39.7 Å². The van der Waals surface area contributed by atoms with Gasteiger partial charge in [0.2, 0.25) is 5.91 Å². The zero-order chi connectivity index (χ0) is 21.4. The van der Waals surface area contributed by atoms with Crippen molar-refractivity contribution in [3.8, 4) is 0 Å². The maximum Gasteiger partial charge on any atom is 0.225 e. The lowest BCUT2D eigenvalue weighted by Gasteiger charge is -2.39. The quantitative estimate of drug-likeness (QED) is 0.611. The molecule has 0 spiro atoms. The van der Waals surface area contributed by atoms with Gasteiger partial charge in [0.25, 0.3) is 0 Å². The number of carbonyl (C=O) groups excluding carboxylic acids is 1. The van der Waals surface area contributed by atoms with E-state index in [2.05, 4.69) is 30.0 Å². The molecule has 0 bridgehead atoms. The second kappa shape index (κ2) is 8.46. The Morgan fingerprint density at radius 2 is 1.74 bits per heavy atom. The van der Waals surface area contributed by atoms with Crippen LogP contribution >= 0.6 is 11.3 Å². The van der Waals surface area contributed by atoms with Crippen molar-refractivity contribution >= 4 is 38.3 Å². The summed E-state index contributed by atoms with van der Waals surface area (Å²) >= 11 is 1.74. The van der Waals surface area contributed by atoms with Crippen molar-refractivity contribution in [1.82, 2.24) is 9.88 Å². The molecule has 0 unspecified atom stereocenters. The highest BCUT2D eigenvalue weighted by Gasteiger charge is 2.31. The smallest absolute Gasteiger partial charge is 0.225 e. The number of benzene rings is 2. The molecule has 3 heterocycles. The Hall–Kier alpha value is -2.67. The van der Waals surface area contributed by atoms with Gasteiger partial charge in [0.1, 0.15) is 5.82 Å². The number of rotatable bonds is 3. The van der Waals surface area contributed by atoms with Crippen LogP contribution in [0.5, 0.6) is 0 Å². The number of piperazine rings is 1. The summed E-state index contributed by atoms with van der Waals surface area (Å²) in [6, 6.07) is 13.2. The third-order valence-corrected chi connectivity index (χ3v) is 7.51. The van der Waals surface area contributed by atoms with Crippen molar-refractivity contribution in [1.29, 1.82) is 0 Å². The maximum atomic E-state index is 14.1. The van der Waals surface area contributed by atoms with E-state index >= 15 is 0 Å². The first-order chi connectivity index (χ1) is 15.1. The highest BCUT2D eigenvalue weighted by molar-refractivity contribution is 7.22. The van der Waals surface area contributed by atoms with E-state index in [4.69, 9.17) is 4.98 Å². The van der Waals surface area contributed by atoms with E-state index in [1.807, 2.05) is 21.9 Å². The van der Waals surface area contributed by atoms with Crippen molar-refractivity contribution < 1.29 is 9.18 Å². The third kappa shape index (κ3) is 4.11. The maximum absolute atomic E-state index is 14.1. The molecule has 5 rings (SSSR count). The molecule has 2 saturated heterocycles. The van der Waals surface area contributed by atoms with E-state index in [9.17, 15) is 9.18 Å². The van der Waals surface area contributed by atoms with Crippen molar-refractivity contribution in [2.24, 2.45) is 5.92 Å². The van der Waals surface area contributed by atoms with Crippen molar-refractivity contribution in [3.63, 3.8) is 0 Å². The molecule has 2 aromatic carbocycles. The zero-order valence-electron chi connectivity index (χ0n) is 17.8. The first-order valence-electron chi connectivity index (χ1n) is 11.0. The van der Waals surface area contributed by atoms with Crippen LogP contribution in [0, 0.1) is 18.7 Å². The van der Waals surface area contributed by atoms with E-state index in [1.54, 1.807) is 17.4 Å². The Morgan fingerprint density at radius 1 is 1.00 bits per heavy atom. The van der Waals surface area contributed by atoms with Gasteiger partial charge in [-0.3, -0.25) is 4.79 Å². The van der Waals surface area contributed by atoms with Crippen LogP contribution in [-0.2, 0) is 4.79 Å². The lowest BCUT2D eigenvalue weighted by Crippen LogP contribution is -2.51. The van der Waals surface area contributed by atoms with E-state index < -0.39 is 0 Å². The summed E-state index contributed by atoms with van der Waals surface area (Å²) in [6.07, 6.45) is 1.72. The van der Waals surface area contributed by atoms with Crippen LogP contribution in [0.1, 0.15) is 18.4 Å². The average molecular weight is 439 g/mol. The first-order valence-corrected chi connectivity index (χ1v) is 11.8. The molecule has 0 atom stereocenters. The fourth-order valence-electron chi connectivity index (χ4n) is 4.61. The summed E-state index contributed by atoms with van der Waals surface area (Å²) in [6.45, 7) is 6.50. The van der Waals surface area contributed by atoms with Crippen LogP contribution in [-0.4, -0.2) is 55.1 Å². The minimum absolute atomic E-state index is 0.0767. The van der Waals surface area contributed by atoms with E-state index in [1.165, 1.54) is 16.3 Å². The monoisotopic (exact) mass is 438 g/mol. The number of fused-ring (bicyclic) bond motifs is 1. The van der Waals surface area contributed by atoms with Crippen molar-refractivity contribution in [2.75, 3.05) is 49.1 Å². The number of halogens is 1. The number of carbonyl (C=O) groups is 1. The number of anilines is 2. The van der Waals surface area contributed by atoms with Crippen LogP contribution < -0.4 is 9.80 Å². The number of aromatic nitrogens is 1. The summed E-state index contributed by atoms with van der Waals surface area (Å²) in [5.41, 5.74) is 2.94. The highest BCUT2D eigenvalue weighted by Crippen LogP contribution is 2.32. The molecule has 162 valence electrons. The molecule has 2 fully saturated rings. The summed E-state index contributed by atoms with van der Waals surface area (Å²) in [5.74, 6) is 0.139. The normalized spacial score (nSPS) is 18.1. The fraction of sp³-hybridized carbons (Fsp3) is 0.417. The van der Waals surface area contributed by atoms with E-state index in [-0.39, 0.29) is 17.6 Å². The lowest BCUT2D eigenvalue weighted by atomic mass is 9.95. The molecule has 3 aromatic rings. The SMILES string of the molecule is Cc1ccc2nc(N3CCC(C(=O)N4CCN(c5ccccc5F)CC4)CC3)sc2c1. The predicted molar refractivity (Wildman–Crippen MR) is 124 cm³/mol. The van der Waals surface area contributed by atoms with Gasteiger partial charge in [-0.15, -0.1) is 0 Å². The van der Waals surface area contributed by atoms with Crippen LogP contribution in [0.25, 0.3) is 10.2 Å². The molecule has 0 radical (unpaired) electrons. The Kier molecular flexibility index (Phi) is 5.52. The van der Waals surface area contributed by atoms with Gasteiger partial charge in [0, 0.05) is 45.2 Å². The Balaban J connectivity index is 1.16. The second-order valence-electron chi connectivity index (χ2n) is 8.49. The van der Waals surface area contributed by atoms with E-state index in [0.29, 0.717) is 31.9 Å². The number of piperidine rings is 1. The predicted octanol–water partition coefficient (Wildman–Crippen LogP) is 4.31. The van der Waals surface area contributed by atoms with Crippen LogP contribution in [0.3, 0.4) is 0 Å². The van der Waals surface area contributed by atoms with Gasteiger partial charge in [-0.2, -0.15) is 0 Å². The minimum atomic E-state index is -0.195. The van der Waals surface area contributed by atoms with Gasteiger partial charge in [-0.05, 0) is 49.6 Å². The highest BCUT2D eigenvalue weighted by atomic mass is 32.1. The molecule has 1 amide bonds. The van der Waals surface area contributed by atoms with Gasteiger partial charge < -0.3 is 14.7 Å².